The lowest BCUT2D eigenvalue weighted by Gasteiger charge is -2.11. The molecule has 158 valence electrons. The Morgan fingerprint density at radius 3 is 2.47 bits per heavy atom. The maximum absolute atomic E-state index is 9.44. The molecule has 0 saturated heterocycles. The van der Waals surface area contributed by atoms with E-state index in [2.05, 4.69) is 16.9 Å². The van der Waals surface area contributed by atoms with Gasteiger partial charge in [0.2, 0.25) is 0 Å². The van der Waals surface area contributed by atoms with Crippen LogP contribution in [0.5, 0.6) is 0 Å². The third-order valence-corrected chi connectivity index (χ3v) is 5.44. The lowest BCUT2D eigenvalue weighted by Crippen LogP contribution is -2.02. The van der Waals surface area contributed by atoms with Gasteiger partial charge in [-0.3, -0.25) is 9.55 Å². The van der Waals surface area contributed by atoms with Crippen molar-refractivity contribution in [1.82, 2.24) is 24.5 Å². The van der Waals surface area contributed by atoms with E-state index in [-0.39, 0.29) is 6.61 Å². The maximum Gasteiger partial charge on any atom is 0.165 e. The van der Waals surface area contributed by atoms with Gasteiger partial charge in [0.15, 0.2) is 11.5 Å². The van der Waals surface area contributed by atoms with Crippen molar-refractivity contribution in [2.75, 3.05) is 5.73 Å². The van der Waals surface area contributed by atoms with E-state index in [1.807, 2.05) is 71.4 Å². The van der Waals surface area contributed by atoms with Gasteiger partial charge in [0.25, 0.3) is 0 Å². The SMILES string of the molecule is CCc1ccc(-c2ccc3nc(-c4cccnc4N)n(-c4ccc(CO)cc4)c3n2)cn1. The van der Waals surface area contributed by atoms with E-state index in [9.17, 15) is 5.11 Å². The molecule has 0 saturated carbocycles. The minimum Gasteiger partial charge on any atom is -0.392 e. The van der Waals surface area contributed by atoms with Crippen molar-refractivity contribution < 1.29 is 5.11 Å². The Hall–Kier alpha value is -4.10. The van der Waals surface area contributed by atoms with Crippen molar-refractivity contribution in [3.63, 3.8) is 0 Å². The number of benzene rings is 1. The molecule has 32 heavy (non-hydrogen) atoms. The highest BCUT2D eigenvalue weighted by atomic mass is 16.3. The summed E-state index contributed by atoms with van der Waals surface area (Å²) in [6.07, 6.45) is 4.40. The molecule has 5 aromatic rings. The van der Waals surface area contributed by atoms with Crippen LogP contribution in [-0.2, 0) is 13.0 Å². The van der Waals surface area contributed by atoms with Gasteiger partial charge in [-0.1, -0.05) is 19.1 Å². The number of hydrogen-bond acceptors (Lipinski definition) is 6. The summed E-state index contributed by atoms with van der Waals surface area (Å²) < 4.78 is 1.97. The van der Waals surface area contributed by atoms with E-state index < -0.39 is 0 Å². The lowest BCUT2D eigenvalue weighted by molar-refractivity contribution is 0.282. The summed E-state index contributed by atoms with van der Waals surface area (Å²) in [5.41, 5.74) is 12.9. The van der Waals surface area contributed by atoms with Crippen LogP contribution in [0.2, 0.25) is 0 Å². The van der Waals surface area contributed by atoms with E-state index in [4.69, 9.17) is 15.7 Å². The van der Waals surface area contributed by atoms with Gasteiger partial charge in [-0.25, -0.2) is 15.0 Å². The van der Waals surface area contributed by atoms with Gasteiger partial charge in [-0.05, 0) is 60.5 Å². The Morgan fingerprint density at radius 2 is 1.78 bits per heavy atom. The second kappa shape index (κ2) is 8.20. The summed E-state index contributed by atoms with van der Waals surface area (Å²) >= 11 is 0. The Kier molecular flexibility index (Phi) is 5.09. The molecule has 1 aromatic carbocycles. The third kappa shape index (κ3) is 3.48. The second-order valence-electron chi connectivity index (χ2n) is 7.46. The highest BCUT2D eigenvalue weighted by Gasteiger charge is 2.18. The number of nitrogens with zero attached hydrogens (tertiary/aromatic N) is 5. The van der Waals surface area contributed by atoms with E-state index in [0.29, 0.717) is 17.3 Å². The van der Waals surface area contributed by atoms with Gasteiger partial charge in [0.1, 0.15) is 11.3 Å². The number of hydrogen-bond donors (Lipinski definition) is 2. The molecular weight excluding hydrogens is 400 g/mol. The minimum atomic E-state index is -0.0173. The molecule has 3 N–H and O–H groups in total. The van der Waals surface area contributed by atoms with Gasteiger partial charge in [0, 0.05) is 29.3 Å². The highest BCUT2D eigenvalue weighted by Crippen LogP contribution is 2.31. The van der Waals surface area contributed by atoms with Crippen LogP contribution in [0.25, 0.3) is 39.5 Å². The number of imidazole rings is 1. The first-order chi connectivity index (χ1) is 15.7. The summed E-state index contributed by atoms with van der Waals surface area (Å²) in [4.78, 5) is 18.5. The molecule has 7 heteroatoms. The number of aliphatic hydroxyl groups is 1. The largest absolute Gasteiger partial charge is 0.392 e. The van der Waals surface area contributed by atoms with Crippen molar-refractivity contribution in [2.24, 2.45) is 0 Å². The standard InChI is InChI=1S/C25H22N6O/c1-2-18-8-7-17(14-28-18)21-11-12-22-25(29-21)31(19-9-5-16(15-32)6-10-19)24(30-22)20-4-3-13-27-23(20)26/h3-14,32H,2,15H2,1H3,(H2,26,27). The Bertz CT molecular complexity index is 1390. The zero-order valence-corrected chi connectivity index (χ0v) is 17.6. The molecular formula is C25H22N6O. The molecule has 4 aromatic heterocycles. The zero-order valence-electron chi connectivity index (χ0n) is 17.6. The van der Waals surface area contributed by atoms with Crippen molar-refractivity contribution >= 4 is 17.0 Å². The smallest absolute Gasteiger partial charge is 0.165 e. The van der Waals surface area contributed by atoms with Crippen LogP contribution in [0, 0.1) is 0 Å². The molecule has 7 nitrogen and oxygen atoms in total. The number of pyridine rings is 3. The quantitative estimate of drug-likeness (QED) is 0.440. The van der Waals surface area contributed by atoms with Crippen LogP contribution in [-0.4, -0.2) is 29.6 Å². The summed E-state index contributed by atoms with van der Waals surface area (Å²) in [5, 5.41) is 9.44. The molecule has 0 bridgehead atoms. The first-order valence-corrected chi connectivity index (χ1v) is 10.4. The number of aromatic nitrogens is 5. The Labute approximate surface area is 185 Å². The average Bonchev–Trinajstić information content (AvgIpc) is 3.23. The lowest BCUT2D eigenvalue weighted by atomic mass is 10.1. The van der Waals surface area contributed by atoms with Crippen LogP contribution >= 0.6 is 0 Å². The number of anilines is 1. The van der Waals surface area contributed by atoms with Gasteiger partial charge in [-0.2, -0.15) is 0 Å². The predicted molar refractivity (Wildman–Crippen MR) is 125 cm³/mol. The topological polar surface area (TPSA) is 103 Å². The molecule has 0 fully saturated rings. The first kappa shape index (κ1) is 19.8. The van der Waals surface area contributed by atoms with E-state index in [1.165, 1.54) is 0 Å². The van der Waals surface area contributed by atoms with Gasteiger partial charge >= 0.3 is 0 Å². The third-order valence-electron chi connectivity index (χ3n) is 5.44. The van der Waals surface area contributed by atoms with Crippen molar-refractivity contribution in [2.45, 2.75) is 20.0 Å². The maximum atomic E-state index is 9.44. The molecule has 4 heterocycles. The van der Waals surface area contributed by atoms with Crippen LogP contribution in [0.3, 0.4) is 0 Å². The van der Waals surface area contributed by atoms with Crippen molar-refractivity contribution in [3.8, 4) is 28.3 Å². The summed E-state index contributed by atoms with van der Waals surface area (Å²) in [6.45, 7) is 2.06. The van der Waals surface area contributed by atoms with E-state index in [1.54, 1.807) is 6.20 Å². The second-order valence-corrected chi connectivity index (χ2v) is 7.46. The Balaban J connectivity index is 1.74. The van der Waals surface area contributed by atoms with Crippen molar-refractivity contribution in [1.29, 1.82) is 0 Å². The number of rotatable bonds is 5. The monoisotopic (exact) mass is 422 g/mol. The van der Waals surface area contributed by atoms with Crippen molar-refractivity contribution in [3.05, 3.63) is 84.3 Å². The summed E-state index contributed by atoms with van der Waals surface area (Å²) in [7, 11) is 0. The van der Waals surface area contributed by atoms with Gasteiger partial charge < -0.3 is 10.8 Å². The molecule has 5 rings (SSSR count). The molecule has 0 atom stereocenters. The first-order valence-electron chi connectivity index (χ1n) is 10.4. The van der Waals surface area contributed by atoms with Crippen LogP contribution in [0.15, 0.2) is 73.1 Å². The number of aliphatic hydroxyl groups excluding tert-OH is 1. The summed E-state index contributed by atoms with van der Waals surface area (Å²) in [5.74, 6) is 1.06. The molecule has 0 aliphatic rings. The molecule has 0 aliphatic heterocycles. The minimum absolute atomic E-state index is 0.0173. The van der Waals surface area contributed by atoms with Crippen LogP contribution in [0.1, 0.15) is 18.2 Å². The molecule has 0 unspecified atom stereocenters. The normalized spacial score (nSPS) is 11.2. The number of nitrogen functional groups attached to an aromatic ring is 1. The molecule has 0 amide bonds. The highest BCUT2D eigenvalue weighted by molar-refractivity contribution is 5.84. The zero-order chi connectivity index (χ0) is 22.1. The number of nitrogens with two attached hydrogens (primary N) is 1. The fourth-order valence-corrected chi connectivity index (χ4v) is 3.69. The van der Waals surface area contributed by atoms with E-state index in [0.717, 1.165) is 45.7 Å². The van der Waals surface area contributed by atoms with Crippen LogP contribution < -0.4 is 5.73 Å². The fourth-order valence-electron chi connectivity index (χ4n) is 3.69. The molecule has 0 spiro atoms. The average molecular weight is 422 g/mol. The van der Waals surface area contributed by atoms with Gasteiger partial charge in [0.05, 0.1) is 17.9 Å². The Morgan fingerprint density at radius 1 is 0.938 bits per heavy atom. The van der Waals surface area contributed by atoms with Gasteiger partial charge in [-0.15, -0.1) is 0 Å². The summed E-state index contributed by atoms with van der Waals surface area (Å²) in [6, 6.07) is 19.4. The molecule has 0 aliphatic carbocycles. The fraction of sp³-hybridized carbons (Fsp3) is 0.120. The number of aryl methyl sites for hydroxylation is 1. The predicted octanol–water partition coefficient (Wildman–Crippen LogP) is 4.18. The van der Waals surface area contributed by atoms with E-state index >= 15 is 0 Å². The number of fused-ring (bicyclic) bond motifs is 1. The van der Waals surface area contributed by atoms with Crippen LogP contribution in [0.4, 0.5) is 5.82 Å². The molecule has 0 radical (unpaired) electrons.